The Labute approximate surface area is 93.3 Å². The summed E-state index contributed by atoms with van der Waals surface area (Å²) < 4.78 is 13.6. The molecule has 0 aromatic heterocycles. The van der Waals surface area contributed by atoms with Crippen molar-refractivity contribution in [3.05, 3.63) is 23.0 Å². The smallest absolute Gasteiger partial charge is 0.149 e. The molecule has 0 atom stereocenters. The van der Waals surface area contributed by atoms with Crippen LogP contribution in [0.15, 0.2) is 11.1 Å². The van der Waals surface area contributed by atoms with Gasteiger partial charge in [0.05, 0.1) is 12.0 Å². The molecule has 5 heteroatoms. The average molecular weight is 221 g/mol. The van der Waals surface area contributed by atoms with Crippen LogP contribution in [-0.4, -0.2) is 30.4 Å². The van der Waals surface area contributed by atoms with Crippen LogP contribution in [0.5, 0.6) is 5.75 Å². The first-order valence-electron chi connectivity index (χ1n) is 4.60. The largest absolute Gasteiger partial charge is 0.507 e. The molecule has 0 aliphatic heterocycles. The number of hydrogen-bond donors (Lipinski definition) is 1. The highest BCUT2D eigenvalue weighted by Crippen LogP contribution is 2.30. The van der Waals surface area contributed by atoms with E-state index in [4.69, 9.17) is 5.26 Å². The van der Waals surface area contributed by atoms with Gasteiger partial charge in [0.25, 0.3) is 0 Å². The second-order valence-corrected chi connectivity index (χ2v) is 3.55. The molecule has 0 fully saturated rings. The minimum absolute atomic E-state index is 0.0559. The van der Waals surface area contributed by atoms with E-state index < -0.39 is 5.82 Å². The summed E-state index contributed by atoms with van der Waals surface area (Å²) in [6.07, 6.45) is 1.43. The van der Waals surface area contributed by atoms with Crippen molar-refractivity contribution in [3.63, 3.8) is 0 Å². The molecule has 0 saturated heterocycles. The molecule has 1 N–H and O–H groups in total. The molecule has 0 bridgehead atoms. The third-order valence-electron chi connectivity index (χ3n) is 2.00. The maximum Gasteiger partial charge on any atom is 0.149 e. The summed E-state index contributed by atoms with van der Waals surface area (Å²) >= 11 is 0. The van der Waals surface area contributed by atoms with Gasteiger partial charge in [0.2, 0.25) is 0 Å². The van der Waals surface area contributed by atoms with E-state index in [2.05, 4.69) is 4.99 Å². The lowest BCUT2D eigenvalue weighted by Crippen LogP contribution is -2.07. The third kappa shape index (κ3) is 2.28. The molecule has 1 aromatic rings. The van der Waals surface area contributed by atoms with E-state index in [1.165, 1.54) is 19.3 Å². The highest BCUT2D eigenvalue weighted by molar-refractivity contribution is 5.67. The topological polar surface area (TPSA) is 59.6 Å². The molecule has 0 radical (unpaired) electrons. The van der Waals surface area contributed by atoms with Crippen LogP contribution < -0.4 is 0 Å². The Morgan fingerprint density at radius 3 is 2.69 bits per heavy atom. The molecule has 0 aliphatic rings. The summed E-state index contributed by atoms with van der Waals surface area (Å²) in [7, 11) is 3.50. The lowest BCUT2D eigenvalue weighted by Gasteiger charge is -2.07. The van der Waals surface area contributed by atoms with E-state index in [1.54, 1.807) is 25.1 Å². The van der Waals surface area contributed by atoms with Crippen molar-refractivity contribution >= 4 is 12.0 Å². The molecule has 1 rings (SSSR count). The monoisotopic (exact) mass is 221 g/mol. The molecule has 16 heavy (non-hydrogen) atoms. The number of rotatable bonds is 2. The van der Waals surface area contributed by atoms with Gasteiger partial charge in [-0.2, -0.15) is 5.26 Å². The zero-order valence-corrected chi connectivity index (χ0v) is 9.32. The van der Waals surface area contributed by atoms with Crippen LogP contribution in [0.3, 0.4) is 0 Å². The van der Waals surface area contributed by atoms with Gasteiger partial charge in [-0.15, -0.1) is 0 Å². The van der Waals surface area contributed by atoms with E-state index in [9.17, 15) is 9.50 Å². The van der Waals surface area contributed by atoms with Crippen LogP contribution in [0.25, 0.3) is 0 Å². The molecule has 0 amide bonds. The van der Waals surface area contributed by atoms with Gasteiger partial charge in [-0.05, 0) is 6.92 Å². The minimum atomic E-state index is -0.728. The Balaban J connectivity index is 3.35. The lowest BCUT2D eigenvalue weighted by atomic mass is 10.1. The highest BCUT2D eigenvalue weighted by atomic mass is 19.1. The van der Waals surface area contributed by atoms with Gasteiger partial charge in [0, 0.05) is 25.7 Å². The van der Waals surface area contributed by atoms with Crippen LogP contribution in [0.1, 0.15) is 11.1 Å². The van der Waals surface area contributed by atoms with Gasteiger partial charge in [0.1, 0.15) is 23.2 Å². The van der Waals surface area contributed by atoms with E-state index in [0.717, 1.165) is 0 Å². The zero-order valence-electron chi connectivity index (χ0n) is 9.32. The second kappa shape index (κ2) is 4.62. The summed E-state index contributed by atoms with van der Waals surface area (Å²) in [4.78, 5) is 5.57. The number of benzene rings is 1. The molecule has 0 spiro atoms. The normalized spacial score (nSPS) is 10.4. The Morgan fingerprint density at radius 2 is 2.19 bits per heavy atom. The predicted octanol–water partition coefficient (Wildman–Crippen LogP) is 1.93. The molecular weight excluding hydrogens is 209 g/mol. The fourth-order valence-electron chi connectivity index (χ4n) is 1.11. The van der Waals surface area contributed by atoms with E-state index in [0.29, 0.717) is 0 Å². The highest BCUT2D eigenvalue weighted by Gasteiger charge is 2.14. The van der Waals surface area contributed by atoms with Crippen molar-refractivity contribution in [1.29, 1.82) is 5.26 Å². The van der Waals surface area contributed by atoms with Crippen LogP contribution in [0.4, 0.5) is 10.1 Å². The number of nitriles is 1. The van der Waals surface area contributed by atoms with Crippen molar-refractivity contribution in [2.45, 2.75) is 6.92 Å². The van der Waals surface area contributed by atoms with Crippen LogP contribution >= 0.6 is 0 Å². The quantitative estimate of drug-likeness (QED) is 0.613. The Hall–Kier alpha value is -2.09. The Kier molecular flexibility index (Phi) is 3.46. The van der Waals surface area contributed by atoms with E-state index in [-0.39, 0.29) is 22.6 Å². The van der Waals surface area contributed by atoms with Crippen molar-refractivity contribution in [2.24, 2.45) is 4.99 Å². The molecule has 84 valence electrons. The van der Waals surface area contributed by atoms with Crippen molar-refractivity contribution in [1.82, 2.24) is 4.90 Å². The van der Waals surface area contributed by atoms with Gasteiger partial charge in [-0.1, -0.05) is 0 Å². The summed E-state index contributed by atoms with van der Waals surface area (Å²) in [6, 6.07) is 3.01. The molecular formula is C11H12FN3O. The molecule has 1 aromatic carbocycles. The maximum absolute atomic E-state index is 13.6. The number of phenolic OH excluding ortho intramolecular Hbond substituents is 1. The molecule has 0 unspecified atom stereocenters. The van der Waals surface area contributed by atoms with E-state index in [1.807, 2.05) is 0 Å². The second-order valence-electron chi connectivity index (χ2n) is 3.55. The maximum atomic E-state index is 13.6. The zero-order chi connectivity index (χ0) is 12.3. The number of aliphatic imine (C=N–C) groups is 1. The first-order valence-corrected chi connectivity index (χ1v) is 4.60. The molecule has 0 saturated carbocycles. The summed E-state index contributed by atoms with van der Waals surface area (Å²) in [5, 5.41) is 18.2. The number of phenols is 1. The number of hydrogen-bond acceptors (Lipinski definition) is 3. The van der Waals surface area contributed by atoms with Crippen LogP contribution in [0, 0.1) is 24.1 Å². The standard InChI is InChI=1S/C11H12FN3O/c1-7-10(16)4-9(14-6-15(2)3)8(5-13)11(7)12/h4,6,16H,1-3H3. The first kappa shape index (κ1) is 12.0. The van der Waals surface area contributed by atoms with Crippen LogP contribution in [-0.2, 0) is 0 Å². The summed E-state index contributed by atoms with van der Waals surface area (Å²) in [5.74, 6) is -0.934. The SMILES string of the molecule is Cc1c(O)cc(N=CN(C)C)c(C#N)c1F. The van der Waals surface area contributed by atoms with Gasteiger partial charge >= 0.3 is 0 Å². The average Bonchev–Trinajstić information content (AvgIpc) is 2.23. The summed E-state index contributed by atoms with van der Waals surface area (Å²) in [5.41, 5.74) is 0.0190. The Bertz CT molecular complexity index is 475. The number of halogens is 1. The summed E-state index contributed by atoms with van der Waals surface area (Å²) in [6.45, 7) is 1.41. The minimum Gasteiger partial charge on any atom is -0.507 e. The third-order valence-corrected chi connectivity index (χ3v) is 2.00. The van der Waals surface area contributed by atoms with Crippen molar-refractivity contribution < 1.29 is 9.50 Å². The van der Waals surface area contributed by atoms with Gasteiger partial charge in [0.15, 0.2) is 0 Å². The van der Waals surface area contributed by atoms with Crippen LogP contribution in [0.2, 0.25) is 0 Å². The van der Waals surface area contributed by atoms with Gasteiger partial charge < -0.3 is 10.0 Å². The first-order chi connectivity index (χ1) is 7.47. The van der Waals surface area contributed by atoms with Crippen molar-refractivity contribution in [2.75, 3.05) is 14.1 Å². The fourth-order valence-corrected chi connectivity index (χ4v) is 1.11. The van der Waals surface area contributed by atoms with E-state index >= 15 is 0 Å². The Morgan fingerprint density at radius 1 is 1.56 bits per heavy atom. The molecule has 0 heterocycles. The predicted molar refractivity (Wildman–Crippen MR) is 59.4 cm³/mol. The van der Waals surface area contributed by atoms with Gasteiger partial charge in [-0.3, -0.25) is 0 Å². The number of aromatic hydroxyl groups is 1. The molecule has 4 nitrogen and oxygen atoms in total. The number of nitrogens with zero attached hydrogens (tertiary/aromatic N) is 3. The van der Waals surface area contributed by atoms with Gasteiger partial charge in [-0.25, -0.2) is 9.38 Å². The molecule has 0 aliphatic carbocycles. The fraction of sp³-hybridized carbons (Fsp3) is 0.273. The lowest BCUT2D eigenvalue weighted by molar-refractivity contribution is 0.463. The van der Waals surface area contributed by atoms with Crippen molar-refractivity contribution in [3.8, 4) is 11.8 Å².